The summed E-state index contributed by atoms with van der Waals surface area (Å²) in [4.78, 5) is 2.31. The first kappa shape index (κ1) is 15.3. The van der Waals surface area contributed by atoms with Gasteiger partial charge in [0.05, 0.1) is 13.2 Å². The Morgan fingerprint density at radius 2 is 2.00 bits per heavy atom. The average molecular weight is 277 g/mol. The molecule has 20 heavy (non-hydrogen) atoms. The number of aliphatic hydroxyl groups is 1. The number of ether oxygens (including phenoxy) is 1. The Morgan fingerprint density at radius 1 is 1.30 bits per heavy atom. The Kier molecular flexibility index (Phi) is 5.44. The van der Waals surface area contributed by atoms with Crippen LogP contribution in [-0.2, 0) is 0 Å². The molecule has 1 saturated carbocycles. The molecule has 3 heteroatoms. The molecule has 1 N–H and O–H groups in total. The van der Waals surface area contributed by atoms with Crippen molar-refractivity contribution in [1.29, 1.82) is 0 Å². The first-order valence-corrected chi connectivity index (χ1v) is 7.64. The average Bonchev–Trinajstić information content (AvgIpc) is 2.48. The second kappa shape index (κ2) is 7.09. The molecule has 0 amide bonds. The zero-order chi connectivity index (χ0) is 14.5. The standard InChI is InChI=1S/C17H27NO2/c1-13-9-10-17(20-3)15(11-13)16(19)12-18(2)14-7-5-4-6-8-14/h9-11,14,16,19H,4-8,12H2,1-3H3. The Hall–Kier alpha value is -1.06. The SMILES string of the molecule is COc1ccc(C)cc1C(O)CN(C)C1CCCCC1. The van der Waals surface area contributed by atoms with E-state index in [0.717, 1.165) is 16.9 Å². The summed E-state index contributed by atoms with van der Waals surface area (Å²) < 4.78 is 5.37. The van der Waals surface area contributed by atoms with Gasteiger partial charge in [-0.3, -0.25) is 0 Å². The second-order valence-electron chi connectivity index (χ2n) is 5.99. The minimum absolute atomic E-state index is 0.489. The van der Waals surface area contributed by atoms with Gasteiger partial charge in [0.15, 0.2) is 0 Å². The number of hydrogen-bond acceptors (Lipinski definition) is 3. The minimum atomic E-state index is -0.489. The van der Waals surface area contributed by atoms with Crippen LogP contribution in [0.4, 0.5) is 0 Å². The summed E-state index contributed by atoms with van der Waals surface area (Å²) in [5.74, 6) is 0.778. The number of rotatable bonds is 5. The van der Waals surface area contributed by atoms with Gasteiger partial charge in [-0.25, -0.2) is 0 Å². The maximum absolute atomic E-state index is 10.5. The molecule has 1 fully saturated rings. The molecule has 1 atom stereocenters. The molecule has 0 aliphatic heterocycles. The second-order valence-corrected chi connectivity index (χ2v) is 5.99. The lowest BCUT2D eigenvalue weighted by Crippen LogP contribution is -2.36. The van der Waals surface area contributed by atoms with Crippen molar-refractivity contribution in [3.8, 4) is 5.75 Å². The van der Waals surface area contributed by atoms with Crippen LogP contribution < -0.4 is 4.74 Å². The van der Waals surface area contributed by atoms with Crippen molar-refractivity contribution in [2.45, 2.75) is 51.2 Å². The van der Waals surface area contributed by atoms with E-state index in [1.54, 1.807) is 7.11 Å². The highest BCUT2D eigenvalue weighted by molar-refractivity contribution is 5.38. The van der Waals surface area contributed by atoms with E-state index >= 15 is 0 Å². The van der Waals surface area contributed by atoms with Crippen LogP contribution in [0.15, 0.2) is 18.2 Å². The van der Waals surface area contributed by atoms with E-state index in [-0.39, 0.29) is 0 Å². The van der Waals surface area contributed by atoms with Crippen LogP contribution >= 0.6 is 0 Å². The number of benzene rings is 1. The molecule has 0 radical (unpaired) electrons. The quantitative estimate of drug-likeness (QED) is 0.896. The van der Waals surface area contributed by atoms with Gasteiger partial charge in [0.25, 0.3) is 0 Å². The van der Waals surface area contributed by atoms with Crippen LogP contribution in [0, 0.1) is 6.92 Å². The summed E-state index contributed by atoms with van der Waals surface area (Å²) in [6.45, 7) is 2.71. The molecule has 2 rings (SSSR count). The summed E-state index contributed by atoms with van der Waals surface area (Å²) in [6, 6.07) is 6.60. The van der Waals surface area contributed by atoms with Gasteiger partial charge < -0.3 is 14.7 Å². The summed E-state index contributed by atoms with van der Waals surface area (Å²) >= 11 is 0. The van der Waals surface area contributed by atoms with Crippen molar-refractivity contribution in [1.82, 2.24) is 4.90 Å². The first-order valence-electron chi connectivity index (χ1n) is 7.64. The molecule has 0 bridgehead atoms. The summed E-state index contributed by atoms with van der Waals surface area (Å²) in [5.41, 5.74) is 2.05. The minimum Gasteiger partial charge on any atom is -0.496 e. The molecule has 1 unspecified atom stereocenters. The van der Waals surface area contributed by atoms with Crippen molar-refractivity contribution in [2.75, 3.05) is 20.7 Å². The van der Waals surface area contributed by atoms with E-state index in [2.05, 4.69) is 11.9 Å². The normalized spacial score (nSPS) is 18.2. The van der Waals surface area contributed by atoms with Crippen molar-refractivity contribution >= 4 is 0 Å². The van der Waals surface area contributed by atoms with E-state index in [1.165, 1.54) is 32.1 Å². The highest BCUT2D eigenvalue weighted by atomic mass is 16.5. The maximum Gasteiger partial charge on any atom is 0.124 e. The van der Waals surface area contributed by atoms with Crippen LogP contribution in [0.3, 0.4) is 0 Å². The van der Waals surface area contributed by atoms with Crippen LogP contribution in [-0.4, -0.2) is 36.8 Å². The molecule has 1 aliphatic rings. The zero-order valence-corrected chi connectivity index (χ0v) is 12.9. The molecule has 0 spiro atoms. The van der Waals surface area contributed by atoms with E-state index in [0.29, 0.717) is 12.6 Å². The summed E-state index contributed by atoms with van der Waals surface area (Å²) in [5, 5.41) is 10.5. The van der Waals surface area contributed by atoms with Gasteiger partial charge in [0.1, 0.15) is 5.75 Å². The molecule has 1 aliphatic carbocycles. The molecule has 0 heterocycles. The topological polar surface area (TPSA) is 32.7 Å². The third-order valence-corrected chi connectivity index (χ3v) is 4.40. The summed E-state index contributed by atoms with van der Waals surface area (Å²) in [6.07, 6.45) is 6.02. The molecule has 3 nitrogen and oxygen atoms in total. The summed E-state index contributed by atoms with van der Waals surface area (Å²) in [7, 11) is 3.78. The van der Waals surface area contributed by atoms with E-state index in [1.807, 2.05) is 25.1 Å². The Labute approximate surface area is 122 Å². The third-order valence-electron chi connectivity index (χ3n) is 4.40. The monoisotopic (exact) mass is 277 g/mol. The third kappa shape index (κ3) is 3.74. The fourth-order valence-corrected chi connectivity index (χ4v) is 3.16. The lowest BCUT2D eigenvalue weighted by molar-refractivity contribution is 0.0896. The molecule has 0 aromatic heterocycles. The van der Waals surface area contributed by atoms with Crippen LogP contribution in [0.1, 0.15) is 49.3 Å². The van der Waals surface area contributed by atoms with Crippen molar-refractivity contribution in [3.05, 3.63) is 29.3 Å². The van der Waals surface area contributed by atoms with Gasteiger partial charge in [-0.1, -0.05) is 30.9 Å². The molecule has 0 saturated heterocycles. The molecule has 1 aromatic rings. The van der Waals surface area contributed by atoms with Crippen LogP contribution in [0.2, 0.25) is 0 Å². The lowest BCUT2D eigenvalue weighted by atomic mass is 9.94. The van der Waals surface area contributed by atoms with Gasteiger partial charge in [-0.2, -0.15) is 0 Å². The fraction of sp³-hybridized carbons (Fsp3) is 0.647. The maximum atomic E-state index is 10.5. The van der Waals surface area contributed by atoms with Crippen molar-refractivity contribution in [2.24, 2.45) is 0 Å². The molecular weight excluding hydrogens is 250 g/mol. The number of nitrogens with zero attached hydrogens (tertiary/aromatic N) is 1. The molecular formula is C17H27NO2. The smallest absolute Gasteiger partial charge is 0.124 e. The number of hydrogen-bond donors (Lipinski definition) is 1. The largest absolute Gasteiger partial charge is 0.496 e. The number of likely N-dealkylation sites (N-methyl/N-ethyl adjacent to an activating group) is 1. The Morgan fingerprint density at radius 3 is 2.65 bits per heavy atom. The van der Waals surface area contributed by atoms with Crippen molar-refractivity contribution < 1.29 is 9.84 Å². The van der Waals surface area contributed by atoms with Gasteiger partial charge in [-0.15, -0.1) is 0 Å². The van der Waals surface area contributed by atoms with Gasteiger partial charge in [0, 0.05) is 18.2 Å². The van der Waals surface area contributed by atoms with E-state index in [4.69, 9.17) is 4.74 Å². The van der Waals surface area contributed by atoms with Gasteiger partial charge in [0.2, 0.25) is 0 Å². The number of methoxy groups -OCH3 is 1. The van der Waals surface area contributed by atoms with Gasteiger partial charge >= 0.3 is 0 Å². The predicted molar refractivity (Wildman–Crippen MR) is 82.2 cm³/mol. The van der Waals surface area contributed by atoms with Crippen molar-refractivity contribution in [3.63, 3.8) is 0 Å². The van der Waals surface area contributed by atoms with Gasteiger partial charge in [-0.05, 0) is 38.9 Å². The molecule has 112 valence electrons. The van der Waals surface area contributed by atoms with E-state index < -0.39 is 6.10 Å². The highest BCUT2D eigenvalue weighted by Gasteiger charge is 2.22. The molecule has 1 aromatic carbocycles. The van der Waals surface area contributed by atoms with Crippen LogP contribution in [0.25, 0.3) is 0 Å². The Balaban J connectivity index is 2.03. The first-order chi connectivity index (χ1) is 9.61. The number of aliphatic hydroxyl groups excluding tert-OH is 1. The lowest BCUT2D eigenvalue weighted by Gasteiger charge is -2.32. The number of aryl methyl sites for hydroxylation is 1. The predicted octanol–water partition coefficient (Wildman–Crippen LogP) is 3.30. The zero-order valence-electron chi connectivity index (χ0n) is 12.9. The highest BCUT2D eigenvalue weighted by Crippen LogP contribution is 2.28. The van der Waals surface area contributed by atoms with Crippen LogP contribution in [0.5, 0.6) is 5.75 Å². The fourth-order valence-electron chi connectivity index (χ4n) is 3.16. The van der Waals surface area contributed by atoms with E-state index in [9.17, 15) is 5.11 Å². The Bertz CT molecular complexity index is 427.